The number of hydrogen-bond donors (Lipinski definition) is 0. The Balaban J connectivity index is 2.44. The Labute approximate surface area is 88.3 Å². The van der Waals surface area contributed by atoms with Gasteiger partial charge in [-0.05, 0) is 43.1 Å². The van der Waals surface area contributed by atoms with Gasteiger partial charge < -0.3 is 0 Å². The zero-order valence-corrected chi connectivity index (χ0v) is 10.1. The molecule has 0 radical (unpaired) electrons. The zero-order valence-electron chi connectivity index (χ0n) is 7.68. The minimum atomic E-state index is 0.581. The van der Waals surface area contributed by atoms with Crippen LogP contribution in [0.25, 0.3) is 0 Å². The third-order valence-electron chi connectivity index (χ3n) is 2.68. The fraction of sp³-hybridized carbons (Fsp3) is 0.800. The van der Waals surface area contributed by atoms with Gasteiger partial charge in [-0.15, -0.1) is 0 Å². The molecular weight excluding hydrogens is 232 g/mol. The molecule has 0 aromatic rings. The van der Waals surface area contributed by atoms with E-state index in [1.54, 1.807) is 0 Å². The van der Waals surface area contributed by atoms with E-state index in [-0.39, 0.29) is 0 Å². The highest BCUT2D eigenvalue weighted by Crippen LogP contribution is 2.38. The minimum absolute atomic E-state index is 0.581. The Hall–Kier alpha value is 0.570. The number of alkyl halides is 1. The number of rotatable bonds is 4. The minimum Gasteiger partial charge on any atom is -0.165 e. The largest absolute Gasteiger partial charge is 0.165 e. The molecule has 1 rings (SSSR count). The van der Waals surface area contributed by atoms with Gasteiger partial charge >= 0.3 is 0 Å². The summed E-state index contributed by atoms with van der Waals surface area (Å²) in [6.45, 7) is 0. The van der Waals surface area contributed by atoms with Crippen LogP contribution in [-0.2, 0) is 0 Å². The van der Waals surface area contributed by atoms with Crippen molar-refractivity contribution in [1.82, 2.24) is 0 Å². The lowest BCUT2D eigenvalue weighted by molar-refractivity contribution is 0.294. The van der Waals surface area contributed by atoms with Crippen LogP contribution < -0.4 is 0 Å². The SMILES string of the molecule is CSCCC1(CBr)CC=CCC1. The Kier molecular flexibility index (Phi) is 4.73. The summed E-state index contributed by atoms with van der Waals surface area (Å²) in [7, 11) is 0. The summed E-state index contributed by atoms with van der Waals surface area (Å²) in [5.41, 5.74) is 0.581. The molecule has 1 aliphatic rings. The number of allylic oxidation sites excluding steroid dienone is 2. The lowest BCUT2D eigenvalue weighted by Crippen LogP contribution is -2.24. The Bertz CT molecular complexity index is 156. The van der Waals surface area contributed by atoms with Crippen molar-refractivity contribution in [2.75, 3.05) is 17.3 Å². The van der Waals surface area contributed by atoms with Gasteiger partial charge in [0.05, 0.1) is 0 Å². The van der Waals surface area contributed by atoms with E-state index in [1.165, 1.54) is 36.8 Å². The molecule has 12 heavy (non-hydrogen) atoms. The maximum absolute atomic E-state index is 3.66. The second kappa shape index (κ2) is 5.33. The molecule has 0 N–H and O–H groups in total. The first kappa shape index (κ1) is 10.6. The molecule has 0 fully saturated rings. The van der Waals surface area contributed by atoms with Crippen molar-refractivity contribution in [3.63, 3.8) is 0 Å². The molecule has 70 valence electrons. The second-order valence-electron chi connectivity index (χ2n) is 3.59. The number of hydrogen-bond acceptors (Lipinski definition) is 1. The molecular formula is C10H17BrS. The van der Waals surface area contributed by atoms with E-state index in [2.05, 4.69) is 34.3 Å². The van der Waals surface area contributed by atoms with Crippen molar-refractivity contribution in [3.05, 3.63) is 12.2 Å². The smallest absolute Gasteiger partial charge is 0.00913 e. The molecule has 2 heteroatoms. The lowest BCUT2D eigenvalue weighted by atomic mass is 9.77. The fourth-order valence-corrected chi connectivity index (χ4v) is 3.10. The molecule has 0 aliphatic heterocycles. The van der Waals surface area contributed by atoms with Crippen LogP contribution in [0.4, 0.5) is 0 Å². The molecule has 0 saturated carbocycles. The van der Waals surface area contributed by atoms with Gasteiger partial charge in [-0.2, -0.15) is 11.8 Å². The summed E-state index contributed by atoms with van der Waals surface area (Å²) >= 11 is 5.62. The van der Waals surface area contributed by atoms with Gasteiger partial charge in [-0.3, -0.25) is 0 Å². The monoisotopic (exact) mass is 248 g/mol. The summed E-state index contributed by atoms with van der Waals surface area (Å²) in [6.07, 6.45) is 12.2. The van der Waals surface area contributed by atoms with Crippen LogP contribution in [-0.4, -0.2) is 17.3 Å². The van der Waals surface area contributed by atoms with Crippen LogP contribution in [0.3, 0.4) is 0 Å². The normalized spacial score (nSPS) is 29.2. The van der Waals surface area contributed by atoms with E-state index in [1.807, 2.05) is 11.8 Å². The Morgan fingerprint density at radius 1 is 1.50 bits per heavy atom. The first-order chi connectivity index (χ1) is 5.83. The lowest BCUT2D eigenvalue weighted by Gasteiger charge is -2.33. The van der Waals surface area contributed by atoms with Gasteiger partial charge in [-0.25, -0.2) is 0 Å². The first-order valence-corrected chi connectivity index (χ1v) is 7.04. The number of thioether (sulfide) groups is 1. The maximum Gasteiger partial charge on any atom is 0.00913 e. The molecule has 1 atom stereocenters. The molecule has 0 amide bonds. The highest BCUT2D eigenvalue weighted by molar-refractivity contribution is 9.09. The highest BCUT2D eigenvalue weighted by Gasteiger charge is 2.27. The topological polar surface area (TPSA) is 0 Å². The average Bonchev–Trinajstić information content (AvgIpc) is 2.16. The van der Waals surface area contributed by atoms with Crippen LogP contribution in [0.15, 0.2) is 12.2 Å². The van der Waals surface area contributed by atoms with E-state index >= 15 is 0 Å². The summed E-state index contributed by atoms with van der Waals surface area (Å²) in [5.74, 6) is 1.30. The van der Waals surface area contributed by atoms with E-state index < -0.39 is 0 Å². The molecule has 0 nitrogen and oxygen atoms in total. The fourth-order valence-electron chi connectivity index (χ4n) is 1.68. The van der Waals surface area contributed by atoms with Crippen molar-refractivity contribution >= 4 is 27.7 Å². The van der Waals surface area contributed by atoms with Crippen LogP contribution in [0, 0.1) is 5.41 Å². The van der Waals surface area contributed by atoms with E-state index in [0.717, 1.165) is 0 Å². The molecule has 1 aliphatic carbocycles. The molecule has 0 saturated heterocycles. The second-order valence-corrected chi connectivity index (χ2v) is 5.14. The van der Waals surface area contributed by atoms with E-state index in [0.29, 0.717) is 5.41 Å². The molecule has 0 spiro atoms. The summed E-state index contributed by atoms with van der Waals surface area (Å²) in [4.78, 5) is 0. The van der Waals surface area contributed by atoms with Gasteiger partial charge in [-0.1, -0.05) is 28.1 Å². The predicted octanol–water partition coefficient (Wildman–Crippen LogP) is 3.86. The van der Waals surface area contributed by atoms with Crippen LogP contribution in [0.1, 0.15) is 25.7 Å². The predicted molar refractivity (Wildman–Crippen MR) is 62.2 cm³/mol. The summed E-state index contributed by atoms with van der Waals surface area (Å²) < 4.78 is 0. The average molecular weight is 249 g/mol. The summed E-state index contributed by atoms with van der Waals surface area (Å²) in [6, 6.07) is 0. The van der Waals surface area contributed by atoms with Gasteiger partial charge in [0.25, 0.3) is 0 Å². The van der Waals surface area contributed by atoms with Crippen molar-refractivity contribution < 1.29 is 0 Å². The number of halogens is 1. The van der Waals surface area contributed by atoms with Gasteiger partial charge in [0.2, 0.25) is 0 Å². The van der Waals surface area contributed by atoms with Gasteiger partial charge in [0.15, 0.2) is 0 Å². The third kappa shape index (κ3) is 2.81. The highest BCUT2D eigenvalue weighted by atomic mass is 79.9. The molecule has 0 heterocycles. The molecule has 0 aromatic heterocycles. The standard InChI is InChI=1S/C10H17BrS/c1-12-8-7-10(9-11)5-3-2-4-6-10/h2-3H,4-9H2,1H3. The maximum atomic E-state index is 3.66. The van der Waals surface area contributed by atoms with E-state index in [4.69, 9.17) is 0 Å². The Morgan fingerprint density at radius 2 is 2.33 bits per heavy atom. The van der Waals surface area contributed by atoms with Crippen molar-refractivity contribution in [1.29, 1.82) is 0 Å². The van der Waals surface area contributed by atoms with Crippen LogP contribution in [0.5, 0.6) is 0 Å². The molecule has 0 bridgehead atoms. The zero-order chi connectivity index (χ0) is 8.86. The van der Waals surface area contributed by atoms with Crippen molar-refractivity contribution in [3.8, 4) is 0 Å². The van der Waals surface area contributed by atoms with Gasteiger partial charge in [0.1, 0.15) is 0 Å². The van der Waals surface area contributed by atoms with Crippen LogP contribution in [0.2, 0.25) is 0 Å². The summed E-state index contributed by atoms with van der Waals surface area (Å²) in [5, 5.41) is 1.17. The quantitative estimate of drug-likeness (QED) is 0.538. The first-order valence-electron chi connectivity index (χ1n) is 4.53. The van der Waals surface area contributed by atoms with Crippen molar-refractivity contribution in [2.24, 2.45) is 5.41 Å². The van der Waals surface area contributed by atoms with Gasteiger partial charge in [0, 0.05) is 5.33 Å². The van der Waals surface area contributed by atoms with E-state index in [9.17, 15) is 0 Å². The third-order valence-corrected chi connectivity index (χ3v) is 4.48. The molecule has 0 aromatic carbocycles. The van der Waals surface area contributed by atoms with Crippen LogP contribution >= 0.6 is 27.7 Å². The molecule has 1 unspecified atom stereocenters. The Morgan fingerprint density at radius 3 is 2.83 bits per heavy atom. The van der Waals surface area contributed by atoms with Crippen molar-refractivity contribution in [2.45, 2.75) is 25.7 Å².